The third-order valence-corrected chi connectivity index (χ3v) is 3.21. The molecule has 0 radical (unpaired) electrons. The van der Waals surface area contributed by atoms with Crippen molar-refractivity contribution >= 4 is 11.4 Å². The van der Waals surface area contributed by atoms with Crippen molar-refractivity contribution in [1.29, 1.82) is 0 Å². The van der Waals surface area contributed by atoms with Gasteiger partial charge in [-0.25, -0.2) is 0 Å². The van der Waals surface area contributed by atoms with Crippen molar-refractivity contribution in [2.75, 3.05) is 13.7 Å². The van der Waals surface area contributed by atoms with Crippen LogP contribution in [0.25, 0.3) is 5.57 Å². The van der Waals surface area contributed by atoms with Crippen molar-refractivity contribution < 1.29 is 14.3 Å². The van der Waals surface area contributed by atoms with E-state index in [1.807, 2.05) is 37.3 Å². The average molecular weight is 282 g/mol. The molecule has 1 aromatic carbocycles. The van der Waals surface area contributed by atoms with Gasteiger partial charge in [0, 0.05) is 6.08 Å². The molecule has 108 valence electrons. The molecule has 0 bridgehead atoms. The molecule has 0 spiro atoms. The van der Waals surface area contributed by atoms with Crippen molar-refractivity contribution in [2.45, 2.75) is 6.92 Å². The summed E-state index contributed by atoms with van der Waals surface area (Å²) in [5.74, 6) is 1.16. The lowest BCUT2D eigenvalue weighted by atomic mass is 10.0. The van der Waals surface area contributed by atoms with Crippen molar-refractivity contribution in [3.05, 3.63) is 77.8 Å². The monoisotopic (exact) mass is 282 g/mol. The van der Waals surface area contributed by atoms with Crippen LogP contribution in [0, 0.1) is 0 Å². The number of benzene rings is 1. The van der Waals surface area contributed by atoms with E-state index in [-0.39, 0.29) is 12.4 Å². The van der Waals surface area contributed by atoms with Gasteiger partial charge in [0.2, 0.25) is 0 Å². The third kappa shape index (κ3) is 3.51. The Kier molecular flexibility index (Phi) is 4.77. The summed E-state index contributed by atoms with van der Waals surface area (Å²) in [5.41, 5.74) is 2.23. The SMILES string of the molecule is C=C/C(=C/C(=O)C1=C(OC)C=C(C)OC1)c1ccccc1. The highest BCUT2D eigenvalue weighted by atomic mass is 16.5. The van der Waals surface area contributed by atoms with Crippen LogP contribution in [0.2, 0.25) is 0 Å². The van der Waals surface area contributed by atoms with Crippen molar-refractivity contribution in [3.63, 3.8) is 0 Å². The van der Waals surface area contributed by atoms with E-state index in [0.717, 1.165) is 16.9 Å². The molecule has 1 aliphatic rings. The van der Waals surface area contributed by atoms with Crippen LogP contribution in [-0.4, -0.2) is 19.5 Å². The van der Waals surface area contributed by atoms with Crippen LogP contribution >= 0.6 is 0 Å². The van der Waals surface area contributed by atoms with E-state index >= 15 is 0 Å². The summed E-state index contributed by atoms with van der Waals surface area (Å²) in [7, 11) is 1.55. The standard InChI is InChI=1S/C18H18O3/c1-4-14(15-8-6-5-7-9-15)11-17(19)16-12-21-13(2)10-18(16)20-3/h4-11H,1,12H2,2-3H3/b14-11-. The number of carbonyl (C=O) groups excluding carboxylic acids is 1. The smallest absolute Gasteiger partial charge is 0.189 e. The molecule has 21 heavy (non-hydrogen) atoms. The number of ketones is 1. The molecule has 2 rings (SSSR count). The first kappa shape index (κ1) is 14.9. The Morgan fingerprint density at radius 3 is 2.67 bits per heavy atom. The Bertz CT molecular complexity index is 634. The summed E-state index contributed by atoms with van der Waals surface area (Å²) >= 11 is 0. The van der Waals surface area contributed by atoms with Gasteiger partial charge in [-0.2, -0.15) is 0 Å². The Labute approximate surface area is 124 Å². The molecule has 1 aliphatic heterocycles. The number of allylic oxidation sites excluding steroid dienone is 5. The second kappa shape index (κ2) is 6.75. The molecular weight excluding hydrogens is 264 g/mol. The van der Waals surface area contributed by atoms with E-state index in [9.17, 15) is 4.79 Å². The lowest BCUT2D eigenvalue weighted by Crippen LogP contribution is -2.14. The van der Waals surface area contributed by atoms with Crippen LogP contribution in [0.4, 0.5) is 0 Å². The zero-order valence-electron chi connectivity index (χ0n) is 12.3. The molecule has 0 fully saturated rings. The lowest BCUT2D eigenvalue weighted by Gasteiger charge is -2.17. The highest BCUT2D eigenvalue weighted by Gasteiger charge is 2.19. The second-order valence-electron chi connectivity index (χ2n) is 4.62. The number of ether oxygens (including phenoxy) is 2. The van der Waals surface area contributed by atoms with Crippen LogP contribution in [0.3, 0.4) is 0 Å². The first-order chi connectivity index (χ1) is 10.2. The van der Waals surface area contributed by atoms with E-state index in [4.69, 9.17) is 9.47 Å². The predicted octanol–water partition coefficient (Wildman–Crippen LogP) is 3.66. The van der Waals surface area contributed by atoms with Gasteiger partial charge in [0.1, 0.15) is 12.4 Å². The first-order valence-corrected chi connectivity index (χ1v) is 6.68. The molecule has 3 nitrogen and oxygen atoms in total. The molecule has 0 unspecified atom stereocenters. The minimum Gasteiger partial charge on any atom is -0.496 e. The number of hydrogen-bond donors (Lipinski definition) is 0. The largest absolute Gasteiger partial charge is 0.496 e. The molecule has 0 N–H and O–H groups in total. The third-order valence-electron chi connectivity index (χ3n) is 3.21. The highest BCUT2D eigenvalue weighted by molar-refractivity contribution is 6.09. The number of carbonyl (C=O) groups is 1. The molecule has 1 heterocycles. The van der Waals surface area contributed by atoms with Gasteiger partial charge in [0.25, 0.3) is 0 Å². The summed E-state index contributed by atoms with van der Waals surface area (Å²) in [6.07, 6.45) is 4.96. The fourth-order valence-corrected chi connectivity index (χ4v) is 2.06. The van der Waals surface area contributed by atoms with E-state index in [2.05, 4.69) is 6.58 Å². The van der Waals surface area contributed by atoms with Crippen LogP contribution in [0.1, 0.15) is 12.5 Å². The average Bonchev–Trinajstić information content (AvgIpc) is 2.53. The van der Waals surface area contributed by atoms with Gasteiger partial charge < -0.3 is 9.47 Å². The zero-order valence-corrected chi connectivity index (χ0v) is 12.3. The van der Waals surface area contributed by atoms with Crippen LogP contribution in [0.15, 0.2) is 72.2 Å². The van der Waals surface area contributed by atoms with Gasteiger partial charge in [-0.3, -0.25) is 4.79 Å². The summed E-state index contributed by atoms with van der Waals surface area (Å²) < 4.78 is 10.7. The maximum absolute atomic E-state index is 12.4. The Morgan fingerprint density at radius 1 is 1.33 bits per heavy atom. The quantitative estimate of drug-likeness (QED) is 0.610. The van der Waals surface area contributed by atoms with Crippen molar-refractivity contribution in [1.82, 2.24) is 0 Å². The van der Waals surface area contributed by atoms with E-state index in [1.54, 1.807) is 25.3 Å². The van der Waals surface area contributed by atoms with E-state index < -0.39 is 0 Å². The number of methoxy groups -OCH3 is 1. The highest BCUT2D eigenvalue weighted by Crippen LogP contribution is 2.21. The minimum absolute atomic E-state index is 0.130. The van der Waals surface area contributed by atoms with Gasteiger partial charge >= 0.3 is 0 Å². The zero-order chi connectivity index (χ0) is 15.2. The first-order valence-electron chi connectivity index (χ1n) is 6.68. The minimum atomic E-state index is -0.130. The van der Waals surface area contributed by atoms with Gasteiger partial charge in [0.05, 0.1) is 18.4 Å². The molecule has 0 saturated heterocycles. The second-order valence-corrected chi connectivity index (χ2v) is 4.62. The Morgan fingerprint density at radius 2 is 2.05 bits per heavy atom. The topological polar surface area (TPSA) is 35.5 Å². The Hall–Kier alpha value is -2.55. The predicted molar refractivity (Wildman–Crippen MR) is 83.4 cm³/mol. The van der Waals surface area contributed by atoms with Gasteiger partial charge in [-0.05, 0) is 24.1 Å². The van der Waals surface area contributed by atoms with Crippen molar-refractivity contribution in [3.8, 4) is 0 Å². The van der Waals surface area contributed by atoms with Gasteiger partial charge in [0.15, 0.2) is 5.78 Å². The lowest BCUT2D eigenvalue weighted by molar-refractivity contribution is -0.112. The summed E-state index contributed by atoms with van der Waals surface area (Å²) in [6.45, 7) is 5.83. The van der Waals surface area contributed by atoms with E-state index in [1.165, 1.54) is 0 Å². The van der Waals surface area contributed by atoms with Crippen LogP contribution < -0.4 is 0 Å². The number of hydrogen-bond acceptors (Lipinski definition) is 3. The van der Waals surface area contributed by atoms with Gasteiger partial charge in [-0.1, -0.05) is 43.0 Å². The summed E-state index contributed by atoms with van der Waals surface area (Å²) in [6, 6.07) is 9.65. The molecular formula is C18H18O3. The summed E-state index contributed by atoms with van der Waals surface area (Å²) in [4.78, 5) is 12.4. The molecule has 0 aliphatic carbocycles. The molecule has 0 amide bonds. The molecule has 1 aromatic rings. The van der Waals surface area contributed by atoms with Crippen LogP contribution in [-0.2, 0) is 14.3 Å². The molecule has 3 heteroatoms. The van der Waals surface area contributed by atoms with E-state index in [0.29, 0.717) is 11.3 Å². The molecule has 0 atom stereocenters. The molecule has 0 saturated carbocycles. The van der Waals surface area contributed by atoms with Gasteiger partial charge in [-0.15, -0.1) is 0 Å². The normalized spacial score (nSPS) is 15.1. The maximum atomic E-state index is 12.4. The molecule has 0 aromatic heterocycles. The maximum Gasteiger partial charge on any atom is 0.189 e. The van der Waals surface area contributed by atoms with Crippen molar-refractivity contribution in [2.24, 2.45) is 0 Å². The Balaban J connectivity index is 2.35. The summed E-state index contributed by atoms with van der Waals surface area (Å²) in [5, 5.41) is 0. The van der Waals surface area contributed by atoms with Crippen LogP contribution in [0.5, 0.6) is 0 Å². The fourth-order valence-electron chi connectivity index (χ4n) is 2.06. The fraction of sp³-hybridized carbons (Fsp3) is 0.167. The number of rotatable bonds is 5.